The fraction of sp³-hybridized carbons (Fsp3) is 0.923. The molecule has 4 heteroatoms. The van der Waals surface area contributed by atoms with Crippen molar-refractivity contribution in [1.29, 1.82) is 0 Å². The normalized spacial score (nSPS) is 32.9. The number of methoxy groups -OCH3 is 1. The van der Waals surface area contributed by atoms with Gasteiger partial charge in [-0.3, -0.25) is 4.79 Å². The molecule has 0 radical (unpaired) electrons. The average molecular weight is 241 g/mol. The molecule has 3 unspecified atom stereocenters. The predicted octanol–water partition coefficient (Wildman–Crippen LogP) is 1.21. The van der Waals surface area contributed by atoms with Gasteiger partial charge in [-0.15, -0.1) is 0 Å². The van der Waals surface area contributed by atoms with Crippen LogP contribution >= 0.6 is 0 Å². The smallest absolute Gasteiger partial charge is 0.326 e. The second-order valence-electron chi connectivity index (χ2n) is 5.70. The molecule has 0 amide bonds. The van der Waals surface area contributed by atoms with Crippen molar-refractivity contribution in [3.05, 3.63) is 0 Å². The molecule has 0 aromatic carbocycles. The van der Waals surface area contributed by atoms with Crippen molar-refractivity contribution in [2.45, 2.75) is 56.6 Å². The number of nitrogens with two attached hydrogens (primary N) is 1. The molecule has 0 heterocycles. The number of ether oxygens (including phenoxy) is 1. The van der Waals surface area contributed by atoms with Crippen LogP contribution < -0.4 is 5.73 Å². The molecule has 2 aliphatic rings. The Hall–Kier alpha value is -0.610. The average Bonchev–Trinajstić information content (AvgIpc) is 3.11. The first-order chi connectivity index (χ1) is 8.06. The summed E-state index contributed by atoms with van der Waals surface area (Å²) < 4.78 is 4.86. The summed E-state index contributed by atoms with van der Waals surface area (Å²) in [5, 5.41) is 9.67. The Bertz CT molecular complexity index is 290. The van der Waals surface area contributed by atoms with E-state index in [-0.39, 0.29) is 18.0 Å². The molecule has 0 bridgehead atoms. The summed E-state index contributed by atoms with van der Waals surface area (Å²) in [7, 11) is 1.40. The predicted molar refractivity (Wildman–Crippen MR) is 64.2 cm³/mol. The van der Waals surface area contributed by atoms with Crippen molar-refractivity contribution in [3.8, 4) is 0 Å². The highest BCUT2D eigenvalue weighted by atomic mass is 16.5. The molecular formula is C13H23NO3. The Morgan fingerprint density at radius 2 is 2.12 bits per heavy atom. The number of hydrogen-bond acceptors (Lipinski definition) is 4. The first-order valence-electron chi connectivity index (χ1n) is 6.61. The third kappa shape index (κ3) is 2.80. The highest BCUT2D eigenvalue weighted by Gasteiger charge is 2.50. The number of aliphatic hydroxyl groups is 1. The Kier molecular flexibility index (Phi) is 3.73. The summed E-state index contributed by atoms with van der Waals surface area (Å²) in [5.41, 5.74) is 5.47. The van der Waals surface area contributed by atoms with Gasteiger partial charge in [-0.25, -0.2) is 0 Å². The minimum atomic E-state index is -0.809. The van der Waals surface area contributed by atoms with Crippen molar-refractivity contribution in [3.63, 3.8) is 0 Å². The van der Waals surface area contributed by atoms with Gasteiger partial charge < -0.3 is 15.6 Å². The van der Waals surface area contributed by atoms with Crippen LogP contribution in [-0.2, 0) is 9.53 Å². The monoisotopic (exact) mass is 241 g/mol. The number of hydrogen-bond donors (Lipinski definition) is 2. The van der Waals surface area contributed by atoms with Gasteiger partial charge in [0.2, 0.25) is 0 Å². The molecule has 17 heavy (non-hydrogen) atoms. The maximum Gasteiger partial charge on any atom is 0.326 e. The Morgan fingerprint density at radius 3 is 2.65 bits per heavy atom. The van der Waals surface area contributed by atoms with Crippen LogP contribution in [-0.4, -0.2) is 29.8 Å². The Labute approximate surface area is 103 Å². The molecule has 0 saturated heterocycles. The molecule has 2 aliphatic carbocycles. The third-order valence-electron chi connectivity index (χ3n) is 4.25. The number of aliphatic hydroxyl groups excluding tert-OH is 1. The van der Waals surface area contributed by atoms with Gasteiger partial charge in [-0.2, -0.15) is 0 Å². The van der Waals surface area contributed by atoms with Crippen LogP contribution in [0.15, 0.2) is 0 Å². The lowest BCUT2D eigenvalue weighted by Gasteiger charge is -2.34. The zero-order valence-electron chi connectivity index (χ0n) is 10.5. The van der Waals surface area contributed by atoms with Crippen LogP contribution in [0.1, 0.15) is 44.9 Å². The number of carbonyl (C=O) groups excluding carboxylic acids is 1. The van der Waals surface area contributed by atoms with Crippen LogP contribution in [0, 0.1) is 11.8 Å². The second kappa shape index (κ2) is 4.94. The molecule has 0 spiro atoms. The third-order valence-corrected chi connectivity index (χ3v) is 4.25. The van der Waals surface area contributed by atoms with Crippen molar-refractivity contribution in [2.75, 3.05) is 7.11 Å². The molecule has 0 aromatic heterocycles. The summed E-state index contributed by atoms with van der Waals surface area (Å²) in [6.45, 7) is 0. The van der Waals surface area contributed by atoms with Gasteiger partial charge in [0, 0.05) is 0 Å². The molecular weight excluding hydrogens is 218 g/mol. The number of carbonyl (C=O) groups is 1. The maximum atomic E-state index is 11.9. The Balaban J connectivity index is 1.99. The minimum absolute atomic E-state index is 0.213. The summed E-state index contributed by atoms with van der Waals surface area (Å²) in [5.74, 6) is 0.373. The van der Waals surface area contributed by atoms with E-state index in [9.17, 15) is 9.90 Å². The maximum absolute atomic E-state index is 11.9. The first kappa shape index (κ1) is 12.8. The lowest BCUT2D eigenvalue weighted by atomic mass is 9.76. The largest absolute Gasteiger partial charge is 0.468 e. The van der Waals surface area contributed by atoms with Gasteiger partial charge in [-0.1, -0.05) is 12.8 Å². The summed E-state index contributed by atoms with van der Waals surface area (Å²) in [4.78, 5) is 11.9. The highest BCUT2D eigenvalue weighted by Crippen LogP contribution is 2.44. The standard InChI is InChI=1S/C13H23NO3/c1-17-12(16)13(14,10-5-6-10)8-9-3-2-4-11(15)7-9/h9-11,15H,2-8,14H2,1H3. The fourth-order valence-corrected chi connectivity index (χ4v) is 3.13. The lowest BCUT2D eigenvalue weighted by Crippen LogP contribution is -2.52. The van der Waals surface area contributed by atoms with E-state index in [0.29, 0.717) is 12.3 Å². The summed E-state index contributed by atoms with van der Waals surface area (Å²) >= 11 is 0. The van der Waals surface area contributed by atoms with Gasteiger partial charge in [0.05, 0.1) is 13.2 Å². The van der Waals surface area contributed by atoms with Crippen LogP contribution in [0.5, 0.6) is 0 Å². The molecule has 2 saturated carbocycles. The van der Waals surface area contributed by atoms with Gasteiger partial charge >= 0.3 is 5.97 Å². The van der Waals surface area contributed by atoms with E-state index in [2.05, 4.69) is 0 Å². The van der Waals surface area contributed by atoms with Crippen molar-refractivity contribution in [1.82, 2.24) is 0 Å². The molecule has 0 aromatic rings. The molecule has 98 valence electrons. The van der Waals surface area contributed by atoms with Gasteiger partial charge in [0.1, 0.15) is 5.54 Å². The zero-order valence-corrected chi connectivity index (χ0v) is 10.5. The first-order valence-corrected chi connectivity index (χ1v) is 6.61. The van der Waals surface area contributed by atoms with Crippen LogP contribution in [0.4, 0.5) is 0 Å². The number of esters is 1. The van der Waals surface area contributed by atoms with E-state index in [1.807, 2.05) is 0 Å². The van der Waals surface area contributed by atoms with Crippen molar-refractivity contribution < 1.29 is 14.6 Å². The molecule has 3 atom stereocenters. The molecule has 4 nitrogen and oxygen atoms in total. The van der Waals surface area contributed by atoms with Crippen LogP contribution in [0.25, 0.3) is 0 Å². The minimum Gasteiger partial charge on any atom is -0.468 e. The SMILES string of the molecule is COC(=O)C(N)(CC1CCCC(O)C1)C1CC1. The van der Waals surface area contributed by atoms with Gasteiger partial charge in [0.25, 0.3) is 0 Å². The fourth-order valence-electron chi connectivity index (χ4n) is 3.13. The topological polar surface area (TPSA) is 72.5 Å². The van der Waals surface area contributed by atoms with Gasteiger partial charge in [0.15, 0.2) is 0 Å². The van der Waals surface area contributed by atoms with E-state index in [0.717, 1.165) is 38.5 Å². The zero-order chi connectivity index (χ0) is 12.5. The quantitative estimate of drug-likeness (QED) is 0.726. The second-order valence-corrected chi connectivity index (χ2v) is 5.70. The van der Waals surface area contributed by atoms with Gasteiger partial charge in [-0.05, 0) is 43.9 Å². The van der Waals surface area contributed by atoms with Crippen LogP contribution in [0.2, 0.25) is 0 Å². The van der Waals surface area contributed by atoms with E-state index in [4.69, 9.17) is 10.5 Å². The number of rotatable bonds is 4. The molecule has 3 N–H and O–H groups in total. The van der Waals surface area contributed by atoms with E-state index in [1.54, 1.807) is 0 Å². The van der Waals surface area contributed by atoms with Crippen LogP contribution in [0.3, 0.4) is 0 Å². The summed E-state index contributed by atoms with van der Waals surface area (Å²) in [6, 6.07) is 0. The molecule has 2 rings (SSSR count). The summed E-state index contributed by atoms with van der Waals surface area (Å²) in [6.07, 6.45) is 6.28. The van der Waals surface area contributed by atoms with E-state index < -0.39 is 5.54 Å². The van der Waals surface area contributed by atoms with E-state index >= 15 is 0 Å². The Morgan fingerprint density at radius 1 is 1.41 bits per heavy atom. The van der Waals surface area contributed by atoms with Crippen molar-refractivity contribution in [2.24, 2.45) is 17.6 Å². The van der Waals surface area contributed by atoms with E-state index in [1.165, 1.54) is 7.11 Å². The molecule has 2 fully saturated rings. The highest BCUT2D eigenvalue weighted by molar-refractivity contribution is 5.81. The molecule has 0 aliphatic heterocycles. The lowest BCUT2D eigenvalue weighted by molar-refractivity contribution is -0.149. The van der Waals surface area contributed by atoms with Crippen molar-refractivity contribution >= 4 is 5.97 Å².